The van der Waals surface area contributed by atoms with E-state index in [4.69, 9.17) is 4.74 Å². The Morgan fingerprint density at radius 1 is 1.03 bits per heavy atom. The Bertz CT molecular complexity index is 1270. The van der Waals surface area contributed by atoms with E-state index in [1.54, 1.807) is 9.58 Å². The van der Waals surface area contributed by atoms with Crippen LogP contribution in [0.25, 0.3) is 0 Å². The van der Waals surface area contributed by atoms with Gasteiger partial charge in [0.2, 0.25) is 11.2 Å². The van der Waals surface area contributed by atoms with E-state index in [1.165, 1.54) is 29.2 Å². The van der Waals surface area contributed by atoms with Gasteiger partial charge in [-0.15, -0.1) is 0 Å². The molecule has 3 aromatic rings. The topological polar surface area (TPSA) is 81.5 Å². The summed E-state index contributed by atoms with van der Waals surface area (Å²) >= 11 is 0. The highest BCUT2D eigenvalue weighted by Gasteiger charge is 2.41. The van der Waals surface area contributed by atoms with Crippen LogP contribution < -0.4 is 10.2 Å². The van der Waals surface area contributed by atoms with Crippen LogP contribution in [0, 0.1) is 0 Å². The van der Waals surface area contributed by atoms with Crippen molar-refractivity contribution >= 4 is 11.9 Å². The van der Waals surface area contributed by atoms with Crippen molar-refractivity contribution in [3.8, 4) is 5.75 Å². The minimum absolute atomic E-state index is 0.0370. The molecule has 0 bridgehead atoms. The maximum atomic E-state index is 13.3. The molecular weight excluding hydrogens is 418 g/mol. The molecule has 0 N–H and O–H groups in total. The number of esters is 1. The Balaban J connectivity index is 1.78. The van der Waals surface area contributed by atoms with Gasteiger partial charge in [0.25, 0.3) is 5.91 Å². The predicted octanol–water partition coefficient (Wildman–Crippen LogP) is 3.12. The lowest BCUT2D eigenvalue weighted by Crippen LogP contribution is -2.47. The largest absolute Gasteiger partial charge is 0.420 e. The summed E-state index contributed by atoms with van der Waals surface area (Å²) in [6, 6.07) is 16.5. The molecule has 1 aliphatic carbocycles. The number of nitrogens with zero attached hydrogens (tertiary/aromatic N) is 3. The highest BCUT2D eigenvalue weighted by atomic mass is 16.5. The molecule has 0 fully saturated rings. The minimum atomic E-state index is -0.649. The van der Waals surface area contributed by atoms with Crippen molar-refractivity contribution in [1.82, 2.24) is 14.7 Å². The summed E-state index contributed by atoms with van der Waals surface area (Å²) in [4.78, 5) is 39.4. The van der Waals surface area contributed by atoms with Crippen molar-refractivity contribution in [2.75, 3.05) is 13.1 Å². The van der Waals surface area contributed by atoms with Crippen molar-refractivity contribution in [2.45, 2.75) is 38.6 Å². The highest BCUT2D eigenvalue weighted by molar-refractivity contribution is 5.96. The molecule has 0 spiro atoms. The Morgan fingerprint density at radius 2 is 1.64 bits per heavy atom. The van der Waals surface area contributed by atoms with E-state index >= 15 is 0 Å². The molecule has 7 nitrogen and oxygen atoms in total. The number of amides is 1. The van der Waals surface area contributed by atoms with Gasteiger partial charge in [0.15, 0.2) is 5.69 Å². The summed E-state index contributed by atoms with van der Waals surface area (Å²) in [6.45, 7) is 4.02. The van der Waals surface area contributed by atoms with Crippen LogP contribution in [-0.4, -0.2) is 39.6 Å². The minimum Gasteiger partial charge on any atom is -0.420 e. The van der Waals surface area contributed by atoms with E-state index in [0.717, 1.165) is 19.0 Å². The van der Waals surface area contributed by atoms with Gasteiger partial charge in [-0.1, -0.05) is 48.5 Å². The van der Waals surface area contributed by atoms with Crippen LogP contribution >= 0.6 is 0 Å². The normalized spacial score (nSPS) is 17.6. The fraction of sp³-hybridized carbons (Fsp3) is 0.308. The first-order valence-electron chi connectivity index (χ1n) is 11.2. The number of ether oxygens (including phenoxy) is 1. The predicted molar refractivity (Wildman–Crippen MR) is 123 cm³/mol. The quantitative estimate of drug-likeness (QED) is 0.581. The van der Waals surface area contributed by atoms with Gasteiger partial charge in [-0.3, -0.25) is 19.1 Å². The smallest absolute Gasteiger partial charge is 0.308 e. The monoisotopic (exact) mass is 443 g/mol. The molecule has 2 heterocycles. The van der Waals surface area contributed by atoms with Crippen molar-refractivity contribution in [1.29, 1.82) is 0 Å². The van der Waals surface area contributed by atoms with Crippen LogP contribution in [0.4, 0.5) is 0 Å². The first kappa shape index (κ1) is 21.1. The number of rotatable bonds is 3. The van der Waals surface area contributed by atoms with Gasteiger partial charge in [-0.05, 0) is 42.0 Å². The van der Waals surface area contributed by atoms with Crippen LogP contribution in [0.15, 0.2) is 59.5 Å². The van der Waals surface area contributed by atoms with Crippen LogP contribution in [0.2, 0.25) is 0 Å². The Kier molecular flexibility index (Phi) is 5.32. The van der Waals surface area contributed by atoms with E-state index in [-0.39, 0.29) is 29.3 Å². The van der Waals surface area contributed by atoms with Crippen molar-refractivity contribution in [3.63, 3.8) is 0 Å². The second kappa shape index (κ2) is 8.31. The number of carbonyl (C=O) groups is 2. The summed E-state index contributed by atoms with van der Waals surface area (Å²) in [5.41, 5.74) is 4.37. The molecule has 1 aromatic heterocycles. The van der Waals surface area contributed by atoms with Crippen LogP contribution in [-0.2, 0) is 17.6 Å². The van der Waals surface area contributed by atoms with Gasteiger partial charge in [-0.2, -0.15) is 5.10 Å². The third-order valence-corrected chi connectivity index (χ3v) is 6.64. The molecule has 7 heteroatoms. The summed E-state index contributed by atoms with van der Waals surface area (Å²) in [7, 11) is 0. The second-order valence-electron chi connectivity index (χ2n) is 8.51. The van der Waals surface area contributed by atoms with Crippen molar-refractivity contribution in [2.24, 2.45) is 0 Å². The highest BCUT2D eigenvalue weighted by Crippen LogP contribution is 2.43. The van der Waals surface area contributed by atoms with E-state index in [9.17, 15) is 14.4 Å². The SMILES string of the molecule is CCN1CC(C2c3ccccc3CCc3ccccc32)n2ncc(=O)c(OC(C)=O)c2C1=O. The lowest BCUT2D eigenvalue weighted by atomic mass is 9.81. The van der Waals surface area contributed by atoms with Gasteiger partial charge in [0, 0.05) is 25.9 Å². The Morgan fingerprint density at radius 3 is 2.21 bits per heavy atom. The number of aryl methyl sites for hydroxylation is 2. The third-order valence-electron chi connectivity index (χ3n) is 6.64. The zero-order valence-corrected chi connectivity index (χ0v) is 18.7. The summed E-state index contributed by atoms with van der Waals surface area (Å²) in [5, 5.41) is 4.40. The van der Waals surface area contributed by atoms with Gasteiger partial charge >= 0.3 is 5.97 Å². The molecule has 1 aliphatic heterocycles. The molecule has 2 aromatic carbocycles. The fourth-order valence-electron chi connectivity index (χ4n) is 5.18. The Hall–Kier alpha value is -3.74. The molecule has 5 rings (SSSR count). The second-order valence-corrected chi connectivity index (χ2v) is 8.51. The Labute approximate surface area is 191 Å². The van der Waals surface area contributed by atoms with Gasteiger partial charge in [-0.25, -0.2) is 0 Å². The van der Waals surface area contributed by atoms with E-state index in [2.05, 4.69) is 41.5 Å². The van der Waals surface area contributed by atoms with E-state index < -0.39 is 11.4 Å². The van der Waals surface area contributed by atoms with Crippen molar-refractivity contribution < 1.29 is 14.3 Å². The van der Waals surface area contributed by atoms with Crippen LogP contribution in [0.5, 0.6) is 5.75 Å². The summed E-state index contributed by atoms with van der Waals surface area (Å²) < 4.78 is 6.86. The molecule has 1 amide bonds. The number of fused-ring (bicyclic) bond motifs is 3. The number of hydrogen-bond donors (Lipinski definition) is 0. The summed E-state index contributed by atoms with van der Waals surface area (Å²) in [6.07, 6.45) is 2.99. The first-order chi connectivity index (χ1) is 16.0. The molecule has 2 aliphatic rings. The average molecular weight is 444 g/mol. The third kappa shape index (κ3) is 3.53. The molecule has 168 valence electrons. The van der Waals surface area contributed by atoms with Gasteiger partial charge in [0.1, 0.15) is 0 Å². The fourth-order valence-corrected chi connectivity index (χ4v) is 5.18. The molecule has 0 saturated carbocycles. The molecule has 0 saturated heterocycles. The average Bonchev–Trinajstić information content (AvgIpc) is 2.98. The molecule has 1 unspecified atom stereocenters. The number of aromatic nitrogens is 2. The standard InChI is InChI=1S/C26H25N3O4/c1-3-28-15-21(29-24(26(28)32)25(33-16(2)30)22(31)14-27-29)23-19-10-6-4-8-17(19)12-13-18-9-5-7-11-20(18)23/h4-11,14,21,23H,3,12-13,15H2,1-2H3. The van der Waals surface area contributed by atoms with Gasteiger partial charge in [0.05, 0.1) is 12.2 Å². The van der Waals surface area contributed by atoms with Gasteiger partial charge < -0.3 is 9.64 Å². The molecular formula is C26H25N3O4. The number of benzene rings is 2. The number of carbonyl (C=O) groups excluding carboxylic acids is 2. The van der Waals surface area contributed by atoms with Crippen molar-refractivity contribution in [3.05, 3.63) is 92.9 Å². The lowest BCUT2D eigenvalue weighted by molar-refractivity contribution is -0.132. The molecule has 33 heavy (non-hydrogen) atoms. The first-order valence-corrected chi connectivity index (χ1v) is 11.2. The number of likely N-dealkylation sites (N-methyl/N-ethyl adjacent to an activating group) is 1. The maximum Gasteiger partial charge on any atom is 0.308 e. The van der Waals surface area contributed by atoms with Crippen LogP contribution in [0.3, 0.4) is 0 Å². The molecule has 0 radical (unpaired) electrons. The van der Waals surface area contributed by atoms with E-state index in [0.29, 0.717) is 13.1 Å². The van der Waals surface area contributed by atoms with Crippen LogP contribution in [0.1, 0.15) is 58.5 Å². The maximum absolute atomic E-state index is 13.3. The number of hydrogen-bond acceptors (Lipinski definition) is 5. The zero-order chi connectivity index (χ0) is 23.1. The zero-order valence-electron chi connectivity index (χ0n) is 18.7. The summed E-state index contributed by atoms with van der Waals surface area (Å²) in [5.74, 6) is -1.34. The lowest BCUT2D eigenvalue weighted by Gasteiger charge is -2.39. The molecule has 1 atom stereocenters. The van der Waals surface area contributed by atoms with E-state index in [1.807, 2.05) is 19.1 Å².